The van der Waals surface area contributed by atoms with Crippen LogP contribution in [0.4, 0.5) is 0 Å². The maximum Gasteiger partial charge on any atom is 0.319 e. The predicted molar refractivity (Wildman–Crippen MR) is 128 cm³/mol. The Morgan fingerprint density at radius 3 is 2.21 bits per heavy atom. The summed E-state index contributed by atoms with van der Waals surface area (Å²) >= 11 is 6.01. The maximum atomic E-state index is 12.9. The quantitative estimate of drug-likeness (QED) is 0.349. The number of halogens is 1. The van der Waals surface area contributed by atoms with E-state index in [1.165, 1.54) is 0 Å². The third-order valence-corrected chi connectivity index (χ3v) is 6.21. The highest BCUT2D eigenvalue weighted by atomic mass is 35.5. The Labute approximate surface area is 202 Å². The molecule has 3 aromatic rings. The maximum absolute atomic E-state index is 12.9. The second kappa shape index (κ2) is 10.6. The van der Waals surface area contributed by atoms with Gasteiger partial charge >= 0.3 is 11.9 Å². The summed E-state index contributed by atoms with van der Waals surface area (Å²) in [5, 5.41) is 22.0. The standard InChI is InChI=1S/C26H26ClNO6/c1-16(28-24(31)26(2,25(32)33)15-23(29)30)21(14-17-5-11-20(27)12-6-17)18-7-9-19(10-8-18)22-4-3-13-34-22/h3-13,16,21H,14-15H2,1-2H3,(H,28,31)(H,29,30)(H,32,33). The van der Waals surface area contributed by atoms with Crippen molar-refractivity contribution in [2.45, 2.75) is 38.6 Å². The van der Waals surface area contributed by atoms with Gasteiger partial charge in [0.25, 0.3) is 0 Å². The number of nitrogens with one attached hydrogen (secondary N) is 1. The first-order valence-corrected chi connectivity index (χ1v) is 11.1. The zero-order valence-electron chi connectivity index (χ0n) is 18.8. The number of benzene rings is 2. The molecule has 7 nitrogen and oxygen atoms in total. The van der Waals surface area contributed by atoms with Gasteiger partial charge < -0.3 is 19.9 Å². The Morgan fingerprint density at radius 2 is 1.68 bits per heavy atom. The molecule has 0 aliphatic heterocycles. The van der Waals surface area contributed by atoms with Gasteiger partial charge in [0, 0.05) is 22.5 Å². The molecular weight excluding hydrogens is 458 g/mol. The predicted octanol–water partition coefficient (Wildman–Crippen LogP) is 5.00. The Hall–Kier alpha value is -3.58. The summed E-state index contributed by atoms with van der Waals surface area (Å²) in [5.41, 5.74) is 0.717. The van der Waals surface area contributed by atoms with Gasteiger partial charge in [0.2, 0.25) is 5.91 Å². The average Bonchev–Trinajstić information content (AvgIpc) is 3.33. The van der Waals surface area contributed by atoms with Gasteiger partial charge in [-0.1, -0.05) is 48.0 Å². The zero-order valence-corrected chi connectivity index (χ0v) is 19.6. The molecule has 3 rings (SSSR count). The molecule has 34 heavy (non-hydrogen) atoms. The van der Waals surface area contributed by atoms with Crippen LogP contribution in [0.3, 0.4) is 0 Å². The molecular formula is C26H26ClNO6. The zero-order chi connectivity index (χ0) is 24.9. The van der Waals surface area contributed by atoms with Crippen LogP contribution in [0.1, 0.15) is 37.3 Å². The minimum atomic E-state index is -2.09. The summed E-state index contributed by atoms with van der Waals surface area (Å²) in [7, 11) is 0. The summed E-state index contributed by atoms with van der Waals surface area (Å²) in [5.74, 6) is -3.19. The monoisotopic (exact) mass is 483 g/mol. The molecule has 8 heteroatoms. The van der Waals surface area contributed by atoms with Crippen LogP contribution >= 0.6 is 11.6 Å². The molecule has 0 saturated heterocycles. The van der Waals surface area contributed by atoms with E-state index in [9.17, 15) is 19.5 Å². The van der Waals surface area contributed by atoms with Gasteiger partial charge in [-0.25, -0.2) is 0 Å². The Bertz CT molecular complexity index is 1140. The van der Waals surface area contributed by atoms with Crippen LogP contribution in [0.15, 0.2) is 71.3 Å². The molecule has 1 heterocycles. The van der Waals surface area contributed by atoms with Crippen molar-refractivity contribution >= 4 is 29.4 Å². The minimum Gasteiger partial charge on any atom is -0.481 e. The van der Waals surface area contributed by atoms with E-state index >= 15 is 0 Å². The van der Waals surface area contributed by atoms with Crippen molar-refractivity contribution < 1.29 is 29.0 Å². The van der Waals surface area contributed by atoms with E-state index in [2.05, 4.69) is 5.32 Å². The van der Waals surface area contributed by atoms with Gasteiger partial charge in [-0.2, -0.15) is 0 Å². The number of furan rings is 1. The summed E-state index contributed by atoms with van der Waals surface area (Å²) in [6.07, 6.45) is 1.32. The minimum absolute atomic E-state index is 0.223. The first-order valence-electron chi connectivity index (χ1n) is 10.7. The molecule has 3 unspecified atom stereocenters. The van der Waals surface area contributed by atoms with Gasteiger partial charge in [-0.15, -0.1) is 0 Å². The molecule has 3 atom stereocenters. The first kappa shape index (κ1) is 25.1. The third kappa shape index (κ3) is 5.85. The lowest BCUT2D eigenvalue weighted by Crippen LogP contribution is -2.50. The van der Waals surface area contributed by atoms with Gasteiger partial charge in [-0.3, -0.25) is 14.4 Å². The Morgan fingerprint density at radius 1 is 1.03 bits per heavy atom. The summed E-state index contributed by atoms with van der Waals surface area (Å²) < 4.78 is 5.45. The van der Waals surface area contributed by atoms with E-state index in [4.69, 9.17) is 21.1 Å². The van der Waals surface area contributed by atoms with Crippen molar-refractivity contribution in [1.29, 1.82) is 0 Å². The lowest BCUT2D eigenvalue weighted by molar-refractivity contribution is -0.160. The van der Waals surface area contributed by atoms with Crippen LogP contribution in [0.25, 0.3) is 11.3 Å². The first-order chi connectivity index (χ1) is 16.1. The normalized spacial score (nSPS) is 14.6. The number of rotatable bonds is 10. The molecule has 0 aliphatic rings. The molecule has 2 aromatic carbocycles. The molecule has 0 fully saturated rings. The Balaban J connectivity index is 1.89. The smallest absolute Gasteiger partial charge is 0.319 e. The van der Waals surface area contributed by atoms with Crippen molar-refractivity contribution in [2.75, 3.05) is 0 Å². The number of amides is 1. The third-order valence-electron chi connectivity index (χ3n) is 5.95. The second-order valence-corrected chi connectivity index (χ2v) is 8.94. The molecule has 178 valence electrons. The lowest BCUT2D eigenvalue weighted by Gasteiger charge is -2.30. The van der Waals surface area contributed by atoms with E-state index in [1.54, 1.807) is 31.4 Å². The van der Waals surface area contributed by atoms with Crippen LogP contribution in [0.2, 0.25) is 5.02 Å². The van der Waals surface area contributed by atoms with Crippen molar-refractivity contribution in [2.24, 2.45) is 5.41 Å². The summed E-state index contributed by atoms with van der Waals surface area (Å²) in [6.45, 7) is 2.90. The fourth-order valence-corrected chi connectivity index (χ4v) is 3.94. The molecule has 0 bridgehead atoms. The Kier molecular flexibility index (Phi) is 7.79. The van der Waals surface area contributed by atoms with Crippen LogP contribution in [-0.4, -0.2) is 34.1 Å². The summed E-state index contributed by atoms with van der Waals surface area (Å²) in [4.78, 5) is 35.9. The molecule has 0 saturated carbocycles. The largest absolute Gasteiger partial charge is 0.481 e. The van der Waals surface area contributed by atoms with Crippen LogP contribution in [-0.2, 0) is 20.8 Å². The molecule has 0 spiro atoms. The fraction of sp³-hybridized carbons (Fsp3) is 0.269. The number of aliphatic carboxylic acids is 2. The van der Waals surface area contributed by atoms with E-state index < -0.39 is 35.7 Å². The average molecular weight is 484 g/mol. The highest BCUT2D eigenvalue weighted by Gasteiger charge is 2.44. The second-order valence-electron chi connectivity index (χ2n) is 8.51. The van der Waals surface area contributed by atoms with Crippen molar-refractivity contribution in [3.63, 3.8) is 0 Å². The topological polar surface area (TPSA) is 117 Å². The molecule has 0 aliphatic carbocycles. The van der Waals surface area contributed by atoms with E-state index in [-0.39, 0.29) is 5.92 Å². The molecule has 3 N–H and O–H groups in total. The number of carboxylic acids is 2. The van der Waals surface area contributed by atoms with Gasteiger partial charge in [0.15, 0.2) is 5.41 Å². The highest BCUT2D eigenvalue weighted by Crippen LogP contribution is 2.30. The van der Waals surface area contributed by atoms with E-state index in [0.29, 0.717) is 11.4 Å². The number of hydrogen-bond donors (Lipinski definition) is 3. The van der Waals surface area contributed by atoms with Gasteiger partial charge in [-0.05, 0) is 55.7 Å². The van der Waals surface area contributed by atoms with E-state index in [1.807, 2.05) is 42.5 Å². The molecule has 0 radical (unpaired) electrons. The molecule has 1 amide bonds. The number of carboxylic acid groups (broad SMARTS) is 2. The summed E-state index contributed by atoms with van der Waals surface area (Å²) in [6, 6.07) is 18.2. The highest BCUT2D eigenvalue weighted by molar-refractivity contribution is 6.30. The fourth-order valence-electron chi connectivity index (χ4n) is 3.82. The van der Waals surface area contributed by atoms with Crippen molar-refractivity contribution in [3.8, 4) is 11.3 Å². The molecule has 1 aromatic heterocycles. The number of carbonyl (C=O) groups excluding carboxylic acids is 1. The van der Waals surface area contributed by atoms with Crippen molar-refractivity contribution in [3.05, 3.63) is 83.1 Å². The lowest BCUT2D eigenvalue weighted by atomic mass is 9.83. The van der Waals surface area contributed by atoms with Crippen molar-refractivity contribution in [1.82, 2.24) is 5.32 Å². The number of hydrogen-bond acceptors (Lipinski definition) is 4. The van der Waals surface area contributed by atoms with Gasteiger partial charge in [0.05, 0.1) is 12.7 Å². The SMILES string of the molecule is CC(NC(=O)C(C)(CC(=O)O)C(=O)O)C(Cc1ccc(Cl)cc1)c1ccc(-c2ccco2)cc1. The van der Waals surface area contributed by atoms with E-state index in [0.717, 1.165) is 29.4 Å². The van der Waals surface area contributed by atoms with Crippen LogP contribution in [0.5, 0.6) is 0 Å². The van der Waals surface area contributed by atoms with Gasteiger partial charge in [0.1, 0.15) is 5.76 Å². The van der Waals surface area contributed by atoms with Crippen LogP contribution in [0, 0.1) is 5.41 Å². The number of carbonyl (C=O) groups is 3. The van der Waals surface area contributed by atoms with Crippen LogP contribution < -0.4 is 5.32 Å².